The maximum atomic E-state index is 4.02. The van der Waals surface area contributed by atoms with Crippen LogP contribution in [0.4, 0.5) is 4.70 Å². The highest BCUT2D eigenvalue weighted by atomic mass is 32.1. The van der Waals surface area contributed by atoms with Crippen LogP contribution < -0.4 is 0 Å². The monoisotopic (exact) mass is 142 g/mol. The van der Waals surface area contributed by atoms with Gasteiger partial charge in [0.2, 0.25) is 0 Å². The van der Waals surface area contributed by atoms with Gasteiger partial charge >= 0.3 is 0 Å². The lowest BCUT2D eigenvalue weighted by atomic mass is 10.4. The summed E-state index contributed by atoms with van der Waals surface area (Å²) in [6, 6.07) is 0. The van der Waals surface area contributed by atoms with Gasteiger partial charge in [0.05, 0.1) is 0 Å². The molecule has 3 heteroatoms. The van der Waals surface area contributed by atoms with E-state index in [0.717, 1.165) is 11.5 Å². The van der Waals surface area contributed by atoms with E-state index in [1.54, 1.807) is 0 Å². The Balaban J connectivity index is 0. The third-order valence-electron chi connectivity index (χ3n) is 0.566. The Kier molecular flexibility index (Phi) is 14.8. The van der Waals surface area contributed by atoms with E-state index in [9.17, 15) is 0 Å². The molecule has 0 N–H and O–H groups in total. The molecule has 0 unspecified atom stereocenters. The molecular weight excluding hydrogens is 131 g/mol. The van der Waals surface area contributed by atoms with Crippen molar-refractivity contribution in [2.45, 2.75) is 12.8 Å². The minimum Gasteiger partial charge on any atom is -0.269 e. The quantitative estimate of drug-likeness (QED) is 0.435. The van der Waals surface area contributed by atoms with Crippen LogP contribution in [0.15, 0.2) is 0 Å². The highest BCUT2D eigenvalue weighted by molar-refractivity contribution is 7.80. The predicted molar refractivity (Wildman–Crippen MR) is 39.4 cm³/mol. The Bertz CT molecular complexity index is 21.7. The molecule has 0 aliphatic heterocycles. The zero-order chi connectivity index (χ0) is 4.83. The van der Waals surface area contributed by atoms with Gasteiger partial charge in [0.15, 0.2) is 0 Å². The van der Waals surface area contributed by atoms with Gasteiger partial charge in [-0.2, -0.15) is 25.3 Å². The molecule has 0 fully saturated rings. The van der Waals surface area contributed by atoms with Gasteiger partial charge in [-0.3, -0.25) is 4.70 Å². The van der Waals surface area contributed by atoms with E-state index in [1.165, 1.54) is 12.8 Å². The maximum absolute atomic E-state index is 4.02. The fourth-order valence-electron chi connectivity index (χ4n) is 0.224. The van der Waals surface area contributed by atoms with Crippen LogP contribution in [0.25, 0.3) is 0 Å². The Labute approximate surface area is 54.9 Å². The highest BCUT2D eigenvalue weighted by Crippen LogP contribution is 1.91. The third kappa shape index (κ3) is 10.8. The molecule has 0 atom stereocenters. The molecule has 0 bridgehead atoms. The second kappa shape index (κ2) is 9.80. The first-order chi connectivity index (χ1) is 2.91. The van der Waals surface area contributed by atoms with Crippen LogP contribution in [-0.4, -0.2) is 11.5 Å². The van der Waals surface area contributed by atoms with E-state index in [1.807, 2.05) is 0 Å². The first kappa shape index (κ1) is 10.6. The van der Waals surface area contributed by atoms with Crippen molar-refractivity contribution in [2.24, 2.45) is 0 Å². The molecule has 0 heterocycles. The van der Waals surface area contributed by atoms with Gasteiger partial charge in [-0.1, -0.05) is 0 Å². The molecule has 0 amide bonds. The van der Waals surface area contributed by atoms with Gasteiger partial charge in [0, 0.05) is 0 Å². The van der Waals surface area contributed by atoms with Crippen molar-refractivity contribution in [2.75, 3.05) is 11.5 Å². The van der Waals surface area contributed by atoms with Gasteiger partial charge in [0.25, 0.3) is 0 Å². The first-order valence-corrected chi connectivity index (χ1v) is 3.40. The molecule has 7 heavy (non-hydrogen) atoms. The molecule has 0 saturated carbocycles. The van der Waals surface area contributed by atoms with Crippen molar-refractivity contribution >= 4 is 25.3 Å². The summed E-state index contributed by atoms with van der Waals surface area (Å²) in [7, 11) is 0. The molecule has 46 valence electrons. The number of halogens is 1. The Morgan fingerprint density at radius 3 is 1.29 bits per heavy atom. The average Bonchev–Trinajstić information content (AvgIpc) is 1.61. The second-order valence-electron chi connectivity index (χ2n) is 1.15. The van der Waals surface area contributed by atoms with Gasteiger partial charge < -0.3 is 0 Å². The predicted octanol–water partition coefficient (Wildman–Crippen LogP) is 1.78. The molecule has 0 aromatic heterocycles. The lowest BCUT2D eigenvalue weighted by Crippen LogP contribution is -1.74. The molecule has 0 aliphatic rings. The summed E-state index contributed by atoms with van der Waals surface area (Å²) in [5.74, 6) is 2.00. The van der Waals surface area contributed by atoms with Crippen LogP contribution in [0, 0.1) is 0 Å². The zero-order valence-electron chi connectivity index (χ0n) is 4.13. The van der Waals surface area contributed by atoms with Crippen LogP contribution in [0.1, 0.15) is 12.8 Å². The Morgan fingerprint density at radius 2 is 1.14 bits per heavy atom. The molecule has 0 aromatic carbocycles. The standard InChI is InChI=1S/C4H10S2.FH/c5-3-1-2-4-6;/h5-6H,1-4H2;1H. The summed E-state index contributed by atoms with van der Waals surface area (Å²) in [6.07, 6.45) is 2.40. The molecule has 0 radical (unpaired) electrons. The lowest BCUT2D eigenvalue weighted by molar-refractivity contribution is 0.912. The third-order valence-corrected chi connectivity index (χ3v) is 1.20. The van der Waals surface area contributed by atoms with Gasteiger partial charge in [-0.05, 0) is 24.3 Å². The van der Waals surface area contributed by atoms with Crippen LogP contribution in [0.3, 0.4) is 0 Å². The van der Waals surface area contributed by atoms with Gasteiger partial charge in [-0.15, -0.1) is 0 Å². The van der Waals surface area contributed by atoms with E-state index in [-0.39, 0.29) is 4.70 Å². The molecular formula is C4H11FS2. The van der Waals surface area contributed by atoms with Crippen LogP contribution in [0.5, 0.6) is 0 Å². The smallest absolute Gasteiger partial charge is 0.00976 e. The topological polar surface area (TPSA) is 0 Å². The minimum atomic E-state index is 0. The van der Waals surface area contributed by atoms with Crippen molar-refractivity contribution in [3.63, 3.8) is 0 Å². The molecule has 0 rings (SSSR count). The number of thiol groups is 2. The Hall–Kier alpha value is 0.630. The fourth-order valence-corrected chi connectivity index (χ4v) is 0.671. The van der Waals surface area contributed by atoms with Crippen LogP contribution >= 0.6 is 25.3 Å². The summed E-state index contributed by atoms with van der Waals surface area (Å²) in [5, 5.41) is 0. The molecule has 0 aromatic rings. The number of hydrogen-bond acceptors (Lipinski definition) is 2. The second-order valence-corrected chi connectivity index (χ2v) is 2.05. The average molecular weight is 142 g/mol. The number of rotatable bonds is 3. The summed E-state index contributed by atoms with van der Waals surface area (Å²) in [4.78, 5) is 0. The highest BCUT2D eigenvalue weighted by Gasteiger charge is 1.76. The van der Waals surface area contributed by atoms with E-state index in [2.05, 4.69) is 25.3 Å². The van der Waals surface area contributed by atoms with Crippen LogP contribution in [0.2, 0.25) is 0 Å². The molecule has 0 nitrogen and oxygen atoms in total. The fraction of sp³-hybridized carbons (Fsp3) is 1.00. The van der Waals surface area contributed by atoms with Crippen molar-refractivity contribution in [3.8, 4) is 0 Å². The molecule has 0 aliphatic carbocycles. The van der Waals surface area contributed by atoms with Gasteiger partial charge in [-0.25, -0.2) is 0 Å². The summed E-state index contributed by atoms with van der Waals surface area (Å²) in [6.45, 7) is 0. The summed E-state index contributed by atoms with van der Waals surface area (Å²) < 4.78 is 0. The zero-order valence-corrected chi connectivity index (χ0v) is 5.92. The maximum Gasteiger partial charge on any atom is -0.00976 e. The van der Waals surface area contributed by atoms with Crippen molar-refractivity contribution < 1.29 is 4.70 Å². The lowest BCUT2D eigenvalue weighted by Gasteiger charge is -1.85. The number of hydrogen-bond donors (Lipinski definition) is 2. The van der Waals surface area contributed by atoms with Gasteiger partial charge in [0.1, 0.15) is 0 Å². The SMILES string of the molecule is F.SCCCCS. The molecule has 0 saturated heterocycles. The molecule has 0 spiro atoms. The van der Waals surface area contributed by atoms with Crippen molar-refractivity contribution in [1.29, 1.82) is 0 Å². The first-order valence-electron chi connectivity index (χ1n) is 2.13. The van der Waals surface area contributed by atoms with E-state index < -0.39 is 0 Å². The van der Waals surface area contributed by atoms with Crippen molar-refractivity contribution in [1.82, 2.24) is 0 Å². The number of unbranched alkanes of at least 4 members (excludes halogenated alkanes) is 1. The van der Waals surface area contributed by atoms with E-state index in [0.29, 0.717) is 0 Å². The normalized spacial score (nSPS) is 7.71. The minimum absolute atomic E-state index is 0. The van der Waals surface area contributed by atoms with Crippen molar-refractivity contribution in [3.05, 3.63) is 0 Å². The largest absolute Gasteiger partial charge is 0.269 e. The van der Waals surface area contributed by atoms with Crippen LogP contribution in [-0.2, 0) is 0 Å². The van der Waals surface area contributed by atoms with E-state index >= 15 is 0 Å². The Morgan fingerprint density at radius 1 is 0.857 bits per heavy atom. The van der Waals surface area contributed by atoms with E-state index in [4.69, 9.17) is 0 Å². The summed E-state index contributed by atoms with van der Waals surface area (Å²) in [5.41, 5.74) is 0. The summed E-state index contributed by atoms with van der Waals surface area (Å²) >= 11 is 8.04.